The molecule has 4 heteroatoms. The van der Waals surface area contributed by atoms with E-state index in [2.05, 4.69) is 42.3 Å². The molecular formula is C15H28N4. The highest BCUT2D eigenvalue weighted by Gasteiger charge is 2.27. The lowest BCUT2D eigenvalue weighted by atomic mass is 9.89. The Morgan fingerprint density at radius 3 is 2.84 bits per heavy atom. The van der Waals surface area contributed by atoms with Crippen LogP contribution in [0.15, 0.2) is 12.4 Å². The van der Waals surface area contributed by atoms with Crippen LogP contribution < -0.4 is 5.32 Å². The topological polar surface area (TPSA) is 33.1 Å². The maximum atomic E-state index is 4.36. The van der Waals surface area contributed by atoms with Crippen molar-refractivity contribution < 1.29 is 0 Å². The third-order valence-electron chi connectivity index (χ3n) is 4.23. The summed E-state index contributed by atoms with van der Waals surface area (Å²) in [6, 6.07) is 0.713. The third kappa shape index (κ3) is 3.80. The monoisotopic (exact) mass is 264 g/mol. The fraction of sp³-hybridized carbons (Fsp3) is 0.800. The van der Waals surface area contributed by atoms with E-state index in [4.69, 9.17) is 0 Å². The molecule has 1 aliphatic rings. The number of nitrogens with one attached hydrogen (secondary N) is 1. The van der Waals surface area contributed by atoms with Gasteiger partial charge in [0.15, 0.2) is 0 Å². The van der Waals surface area contributed by atoms with E-state index in [-0.39, 0.29) is 0 Å². The zero-order valence-corrected chi connectivity index (χ0v) is 12.6. The Kier molecular flexibility index (Phi) is 5.40. The number of hydrogen-bond acceptors (Lipinski definition) is 3. The van der Waals surface area contributed by atoms with E-state index < -0.39 is 0 Å². The lowest BCUT2D eigenvalue weighted by molar-refractivity contribution is 0.129. The first kappa shape index (κ1) is 14.5. The van der Waals surface area contributed by atoms with Crippen LogP contribution in [-0.4, -0.2) is 40.4 Å². The third-order valence-corrected chi connectivity index (χ3v) is 4.23. The van der Waals surface area contributed by atoms with Crippen LogP contribution in [0.1, 0.15) is 39.2 Å². The Labute approximate surface area is 117 Å². The van der Waals surface area contributed by atoms with E-state index in [0.29, 0.717) is 6.04 Å². The van der Waals surface area contributed by atoms with Crippen LogP contribution in [0.3, 0.4) is 0 Å². The normalized spacial score (nSPS) is 24.8. The van der Waals surface area contributed by atoms with Crippen LogP contribution in [0.25, 0.3) is 0 Å². The second-order valence-corrected chi connectivity index (χ2v) is 5.56. The van der Waals surface area contributed by atoms with Crippen LogP contribution in [-0.2, 0) is 13.1 Å². The van der Waals surface area contributed by atoms with Gasteiger partial charge in [-0.2, -0.15) is 5.10 Å². The van der Waals surface area contributed by atoms with Crippen LogP contribution in [0.2, 0.25) is 0 Å². The summed E-state index contributed by atoms with van der Waals surface area (Å²) in [5.74, 6) is 0.787. The molecule has 0 bridgehead atoms. The van der Waals surface area contributed by atoms with Crippen molar-refractivity contribution in [1.29, 1.82) is 0 Å². The van der Waals surface area contributed by atoms with Crippen molar-refractivity contribution in [2.45, 2.75) is 52.7 Å². The van der Waals surface area contributed by atoms with Gasteiger partial charge >= 0.3 is 0 Å². The average Bonchev–Trinajstić information content (AvgIpc) is 2.88. The summed E-state index contributed by atoms with van der Waals surface area (Å²) in [5, 5.41) is 8.00. The quantitative estimate of drug-likeness (QED) is 0.854. The number of nitrogens with zero attached hydrogens (tertiary/aromatic N) is 3. The fourth-order valence-electron chi connectivity index (χ4n) is 3.11. The minimum atomic E-state index is 0.713. The predicted molar refractivity (Wildman–Crippen MR) is 79.0 cm³/mol. The number of rotatable bonds is 6. The van der Waals surface area contributed by atoms with Crippen LogP contribution >= 0.6 is 0 Å². The highest BCUT2D eigenvalue weighted by Crippen LogP contribution is 2.21. The van der Waals surface area contributed by atoms with Crippen molar-refractivity contribution in [1.82, 2.24) is 20.0 Å². The second-order valence-electron chi connectivity index (χ2n) is 5.56. The van der Waals surface area contributed by atoms with E-state index in [9.17, 15) is 0 Å². The van der Waals surface area contributed by atoms with Crippen LogP contribution in [0.4, 0.5) is 0 Å². The number of likely N-dealkylation sites (tertiary alicyclic amines) is 1. The summed E-state index contributed by atoms with van der Waals surface area (Å²) in [5.41, 5.74) is 1.35. The van der Waals surface area contributed by atoms with Crippen molar-refractivity contribution in [3.05, 3.63) is 18.0 Å². The van der Waals surface area contributed by atoms with Crippen LogP contribution in [0.5, 0.6) is 0 Å². The molecule has 1 N–H and O–H groups in total. The van der Waals surface area contributed by atoms with Gasteiger partial charge in [0.25, 0.3) is 0 Å². The van der Waals surface area contributed by atoms with Crippen molar-refractivity contribution >= 4 is 0 Å². The molecule has 108 valence electrons. The van der Waals surface area contributed by atoms with Crippen molar-refractivity contribution in [3.8, 4) is 0 Å². The van der Waals surface area contributed by atoms with Gasteiger partial charge in [0.2, 0.25) is 0 Å². The molecule has 2 heterocycles. The smallest absolute Gasteiger partial charge is 0.0534 e. The van der Waals surface area contributed by atoms with Gasteiger partial charge in [-0.1, -0.05) is 20.3 Å². The molecule has 2 atom stereocenters. The molecule has 0 saturated carbocycles. The SMILES string of the molecule is CCNC1CCN(Cc2cnn(CC)c2)CC1CC. The number of piperidine rings is 1. The molecule has 1 aromatic rings. The molecule has 1 saturated heterocycles. The van der Waals surface area contributed by atoms with Crippen LogP contribution in [0, 0.1) is 5.92 Å². The predicted octanol–water partition coefficient (Wildman–Crippen LogP) is 2.11. The van der Waals surface area contributed by atoms with Gasteiger partial charge in [-0.3, -0.25) is 9.58 Å². The van der Waals surface area contributed by atoms with Crippen molar-refractivity contribution in [3.63, 3.8) is 0 Å². The number of aromatic nitrogens is 2. The summed E-state index contributed by atoms with van der Waals surface area (Å²) in [6.07, 6.45) is 6.73. The average molecular weight is 264 g/mol. The Hall–Kier alpha value is -0.870. The Morgan fingerprint density at radius 2 is 2.21 bits per heavy atom. The lowest BCUT2D eigenvalue weighted by Crippen LogP contribution is -2.48. The highest BCUT2D eigenvalue weighted by molar-refractivity contribution is 5.04. The molecule has 2 rings (SSSR count). The van der Waals surface area contributed by atoms with Gasteiger partial charge in [0.1, 0.15) is 0 Å². The Bertz CT molecular complexity index is 374. The highest BCUT2D eigenvalue weighted by atomic mass is 15.3. The maximum Gasteiger partial charge on any atom is 0.0534 e. The molecule has 0 aliphatic carbocycles. The lowest BCUT2D eigenvalue weighted by Gasteiger charge is -2.38. The zero-order valence-electron chi connectivity index (χ0n) is 12.6. The Morgan fingerprint density at radius 1 is 1.37 bits per heavy atom. The van der Waals surface area contributed by atoms with Gasteiger partial charge in [-0.05, 0) is 32.4 Å². The van der Waals surface area contributed by atoms with Crippen molar-refractivity contribution in [2.24, 2.45) is 5.92 Å². The van der Waals surface area contributed by atoms with E-state index in [1.807, 2.05) is 10.9 Å². The fourth-order valence-corrected chi connectivity index (χ4v) is 3.11. The van der Waals surface area contributed by atoms with E-state index in [1.165, 1.54) is 31.5 Å². The first-order valence-electron chi connectivity index (χ1n) is 7.73. The minimum Gasteiger partial charge on any atom is -0.314 e. The van der Waals surface area contributed by atoms with E-state index >= 15 is 0 Å². The first-order chi connectivity index (χ1) is 9.26. The summed E-state index contributed by atoms with van der Waals surface area (Å²) in [4.78, 5) is 2.58. The van der Waals surface area contributed by atoms with Gasteiger partial charge in [0.05, 0.1) is 6.20 Å². The molecule has 0 amide bonds. The largest absolute Gasteiger partial charge is 0.314 e. The molecule has 1 aromatic heterocycles. The minimum absolute atomic E-state index is 0.713. The standard InChI is InChI=1S/C15H28N4/c1-4-14-12-18(8-7-15(14)16-5-2)10-13-9-17-19(6-3)11-13/h9,11,14-16H,4-8,10,12H2,1-3H3. The summed E-state index contributed by atoms with van der Waals surface area (Å²) >= 11 is 0. The molecule has 0 aromatic carbocycles. The number of aryl methyl sites for hydroxylation is 1. The van der Waals surface area contributed by atoms with Gasteiger partial charge in [-0.15, -0.1) is 0 Å². The molecule has 1 aliphatic heterocycles. The maximum absolute atomic E-state index is 4.36. The molecule has 2 unspecified atom stereocenters. The van der Waals surface area contributed by atoms with E-state index in [1.54, 1.807) is 0 Å². The van der Waals surface area contributed by atoms with Crippen molar-refractivity contribution in [2.75, 3.05) is 19.6 Å². The van der Waals surface area contributed by atoms with E-state index in [0.717, 1.165) is 25.6 Å². The summed E-state index contributed by atoms with van der Waals surface area (Å²) < 4.78 is 2.01. The summed E-state index contributed by atoms with van der Waals surface area (Å²) in [7, 11) is 0. The second kappa shape index (κ2) is 7.06. The zero-order chi connectivity index (χ0) is 13.7. The molecule has 0 spiro atoms. The van der Waals surface area contributed by atoms with Gasteiger partial charge in [-0.25, -0.2) is 0 Å². The number of hydrogen-bond donors (Lipinski definition) is 1. The first-order valence-corrected chi connectivity index (χ1v) is 7.73. The van der Waals surface area contributed by atoms with Gasteiger partial charge in [0, 0.05) is 37.4 Å². The van der Waals surface area contributed by atoms with Gasteiger partial charge < -0.3 is 5.32 Å². The summed E-state index contributed by atoms with van der Waals surface area (Å²) in [6.45, 7) is 12.2. The molecule has 1 fully saturated rings. The molecule has 19 heavy (non-hydrogen) atoms. The molecule has 4 nitrogen and oxygen atoms in total. The Balaban J connectivity index is 1.88. The molecule has 0 radical (unpaired) electrons. The molecular weight excluding hydrogens is 236 g/mol.